The van der Waals surface area contributed by atoms with Gasteiger partial charge in [-0.25, -0.2) is 4.68 Å². The monoisotopic (exact) mass is 218 g/mol. The quantitative estimate of drug-likeness (QED) is 0.852. The van der Waals surface area contributed by atoms with Crippen molar-refractivity contribution in [1.82, 2.24) is 9.78 Å². The van der Waals surface area contributed by atoms with E-state index in [1.54, 1.807) is 18.0 Å². The molecule has 0 aliphatic rings. The molecule has 0 saturated heterocycles. The maximum absolute atomic E-state index is 9.22. The third kappa shape index (κ3) is 1.92. The predicted molar refractivity (Wildman–Crippen MR) is 60.8 cm³/mol. The SMILES string of the molecule is COc1ccc(-n2cc(C)cn2)cc1CO. The molecular weight excluding hydrogens is 204 g/mol. The zero-order chi connectivity index (χ0) is 11.5. The van der Waals surface area contributed by atoms with E-state index >= 15 is 0 Å². The predicted octanol–water partition coefficient (Wildman–Crippen LogP) is 1.68. The van der Waals surface area contributed by atoms with Crippen LogP contribution in [0.25, 0.3) is 5.69 Å². The number of ether oxygens (including phenoxy) is 1. The van der Waals surface area contributed by atoms with Gasteiger partial charge in [0, 0.05) is 11.8 Å². The summed E-state index contributed by atoms with van der Waals surface area (Å²) in [7, 11) is 1.59. The highest BCUT2D eigenvalue weighted by Gasteiger charge is 2.05. The van der Waals surface area contributed by atoms with E-state index in [-0.39, 0.29) is 6.61 Å². The summed E-state index contributed by atoms with van der Waals surface area (Å²) in [6.45, 7) is 1.94. The van der Waals surface area contributed by atoms with Crippen LogP contribution in [0.1, 0.15) is 11.1 Å². The second kappa shape index (κ2) is 4.37. The Bertz CT molecular complexity index is 492. The van der Waals surface area contributed by atoms with Crippen LogP contribution in [0.2, 0.25) is 0 Å². The Balaban J connectivity index is 2.43. The molecule has 4 nitrogen and oxygen atoms in total. The fraction of sp³-hybridized carbons (Fsp3) is 0.250. The zero-order valence-corrected chi connectivity index (χ0v) is 9.34. The fourth-order valence-electron chi connectivity index (χ4n) is 1.59. The van der Waals surface area contributed by atoms with Gasteiger partial charge in [-0.2, -0.15) is 5.10 Å². The number of benzene rings is 1. The van der Waals surface area contributed by atoms with Crippen molar-refractivity contribution in [2.75, 3.05) is 7.11 Å². The van der Waals surface area contributed by atoms with Crippen molar-refractivity contribution < 1.29 is 9.84 Å². The molecule has 0 saturated carbocycles. The van der Waals surface area contributed by atoms with E-state index in [2.05, 4.69) is 5.10 Å². The van der Waals surface area contributed by atoms with Crippen molar-refractivity contribution >= 4 is 0 Å². The lowest BCUT2D eigenvalue weighted by Crippen LogP contribution is -1.98. The first-order valence-electron chi connectivity index (χ1n) is 5.04. The lowest BCUT2D eigenvalue weighted by Gasteiger charge is -2.08. The van der Waals surface area contributed by atoms with Crippen LogP contribution in [0.15, 0.2) is 30.6 Å². The molecule has 2 rings (SSSR count). The first-order chi connectivity index (χ1) is 7.74. The van der Waals surface area contributed by atoms with Crippen molar-refractivity contribution in [3.63, 3.8) is 0 Å². The molecule has 1 N–H and O–H groups in total. The van der Waals surface area contributed by atoms with Gasteiger partial charge < -0.3 is 9.84 Å². The average Bonchev–Trinajstić information content (AvgIpc) is 2.75. The summed E-state index contributed by atoms with van der Waals surface area (Å²) >= 11 is 0. The van der Waals surface area contributed by atoms with Crippen LogP contribution in [-0.4, -0.2) is 22.0 Å². The molecule has 0 atom stereocenters. The molecule has 0 aliphatic carbocycles. The van der Waals surface area contributed by atoms with Gasteiger partial charge in [-0.15, -0.1) is 0 Å². The van der Waals surface area contributed by atoms with Gasteiger partial charge in [0.2, 0.25) is 0 Å². The van der Waals surface area contributed by atoms with Crippen LogP contribution in [0.4, 0.5) is 0 Å². The highest BCUT2D eigenvalue weighted by atomic mass is 16.5. The summed E-state index contributed by atoms with van der Waals surface area (Å²) in [5.74, 6) is 0.690. The van der Waals surface area contributed by atoms with Crippen molar-refractivity contribution in [3.05, 3.63) is 41.7 Å². The largest absolute Gasteiger partial charge is 0.496 e. The Morgan fingerprint density at radius 1 is 1.44 bits per heavy atom. The van der Waals surface area contributed by atoms with Gasteiger partial charge in [0.05, 0.1) is 25.6 Å². The van der Waals surface area contributed by atoms with E-state index in [9.17, 15) is 5.11 Å². The standard InChI is InChI=1S/C12H14N2O2/c1-9-6-13-14(7-9)11-3-4-12(16-2)10(5-11)8-15/h3-7,15H,8H2,1-2H3. The van der Waals surface area contributed by atoms with Crippen LogP contribution in [0.3, 0.4) is 0 Å². The lowest BCUT2D eigenvalue weighted by atomic mass is 10.2. The third-order valence-electron chi connectivity index (χ3n) is 2.41. The van der Waals surface area contributed by atoms with Gasteiger partial charge in [-0.05, 0) is 30.7 Å². The average molecular weight is 218 g/mol. The van der Waals surface area contributed by atoms with Crippen LogP contribution in [0.5, 0.6) is 5.75 Å². The smallest absolute Gasteiger partial charge is 0.124 e. The summed E-state index contributed by atoms with van der Waals surface area (Å²) in [6, 6.07) is 5.60. The topological polar surface area (TPSA) is 47.3 Å². The molecule has 0 bridgehead atoms. The van der Waals surface area contributed by atoms with Gasteiger partial charge in [0.15, 0.2) is 0 Å². The number of nitrogens with zero attached hydrogens (tertiary/aromatic N) is 2. The molecule has 0 spiro atoms. The van der Waals surface area contributed by atoms with Crippen molar-refractivity contribution in [2.45, 2.75) is 13.5 Å². The maximum Gasteiger partial charge on any atom is 0.124 e. The number of aliphatic hydroxyl groups excluding tert-OH is 1. The Hall–Kier alpha value is -1.81. The van der Waals surface area contributed by atoms with Crippen LogP contribution < -0.4 is 4.74 Å². The van der Waals surface area contributed by atoms with Crippen molar-refractivity contribution in [2.24, 2.45) is 0 Å². The molecule has 16 heavy (non-hydrogen) atoms. The van der Waals surface area contributed by atoms with Gasteiger partial charge in [-0.3, -0.25) is 0 Å². The Kier molecular flexibility index (Phi) is 2.92. The summed E-state index contributed by atoms with van der Waals surface area (Å²) in [5.41, 5.74) is 2.77. The third-order valence-corrected chi connectivity index (χ3v) is 2.41. The van der Waals surface area contributed by atoms with E-state index < -0.39 is 0 Å². The maximum atomic E-state index is 9.22. The molecule has 1 heterocycles. The van der Waals surface area contributed by atoms with Gasteiger partial charge in [-0.1, -0.05) is 0 Å². The number of aromatic nitrogens is 2. The number of hydrogen-bond acceptors (Lipinski definition) is 3. The first-order valence-corrected chi connectivity index (χ1v) is 5.04. The fourth-order valence-corrected chi connectivity index (χ4v) is 1.59. The van der Waals surface area contributed by atoms with E-state index in [1.165, 1.54) is 0 Å². The molecule has 84 valence electrons. The molecule has 1 aromatic carbocycles. The number of hydrogen-bond donors (Lipinski definition) is 1. The molecule has 0 fully saturated rings. The van der Waals surface area contributed by atoms with E-state index in [4.69, 9.17) is 4.74 Å². The highest BCUT2D eigenvalue weighted by molar-refractivity contribution is 5.43. The molecule has 2 aromatic rings. The first kappa shape index (κ1) is 10.7. The van der Waals surface area contributed by atoms with Crippen LogP contribution >= 0.6 is 0 Å². The number of aliphatic hydroxyl groups is 1. The number of rotatable bonds is 3. The normalized spacial score (nSPS) is 10.4. The van der Waals surface area contributed by atoms with E-state index in [0.717, 1.165) is 16.8 Å². The summed E-state index contributed by atoms with van der Waals surface area (Å²) < 4.78 is 6.91. The highest BCUT2D eigenvalue weighted by Crippen LogP contribution is 2.21. The van der Waals surface area contributed by atoms with Crippen LogP contribution in [0, 0.1) is 6.92 Å². The van der Waals surface area contributed by atoms with E-state index in [0.29, 0.717) is 5.75 Å². The minimum Gasteiger partial charge on any atom is -0.496 e. The van der Waals surface area contributed by atoms with Crippen molar-refractivity contribution in [1.29, 1.82) is 0 Å². The zero-order valence-electron chi connectivity index (χ0n) is 9.34. The molecule has 0 aliphatic heterocycles. The Morgan fingerprint density at radius 3 is 2.81 bits per heavy atom. The van der Waals surface area contributed by atoms with Gasteiger partial charge in [0.1, 0.15) is 5.75 Å². The molecule has 0 amide bonds. The second-order valence-corrected chi connectivity index (χ2v) is 3.62. The molecule has 1 aromatic heterocycles. The summed E-state index contributed by atoms with van der Waals surface area (Å²) in [4.78, 5) is 0. The Labute approximate surface area is 94.1 Å². The van der Waals surface area contributed by atoms with E-state index in [1.807, 2.05) is 31.3 Å². The number of methoxy groups -OCH3 is 1. The second-order valence-electron chi connectivity index (χ2n) is 3.62. The lowest BCUT2D eigenvalue weighted by molar-refractivity contribution is 0.273. The molecule has 0 unspecified atom stereocenters. The molecule has 0 radical (unpaired) electrons. The minimum absolute atomic E-state index is 0.0444. The molecule has 4 heteroatoms. The Morgan fingerprint density at radius 2 is 2.25 bits per heavy atom. The summed E-state index contributed by atoms with van der Waals surface area (Å²) in [5, 5.41) is 13.4. The minimum atomic E-state index is -0.0444. The molecular formula is C12H14N2O2. The van der Waals surface area contributed by atoms with Gasteiger partial charge >= 0.3 is 0 Å². The number of aryl methyl sites for hydroxylation is 1. The van der Waals surface area contributed by atoms with Crippen molar-refractivity contribution in [3.8, 4) is 11.4 Å². The van der Waals surface area contributed by atoms with Gasteiger partial charge in [0.25, 0.3) is 0 Å². The van der Waals surface area contributed by atoms with Crippen LogP contribution in [-0.2, 0) is 6.61 Å². The summed E-state index contributed by atoms with van der Waals surface area (Å²) in [6.07, 6.45) is 3.73.